The molecule has 2 aliphatic heterocycles. The molecule has 3 N–H and O–H groups in total. The maximum absolute atomic E-state index is 12.9. The van der Waals surface area contributed by atoms with Gasteiger partial charge in [-0.25, -0.2) is 19.6 Å². The molecule has 5 aromatic rings. The number of likely N-dealkylation sites (tertiary alicyclic amines) is 1. The molecule has 0 saturated carbocycles. The molecule has 0 spiro atoms. The van der Waals surface area contributed by atoms with Gasteiger partial charge in [-0.05, 0) is 86.9 Å². The number of benzene rings is 3. The summed E-state index contributed by atoms with van der Waals surface area (Å²) in [4.78, 5) is 57.0. The summed E-state index contributed by atoms with van der Waals surface area (Å²) in [5, 5.41) is 4.47. The van der Waals surface area contributed by atoms with Crippen molar-refractivity contribution in [3.63, 3.8) is 0 Å². The number of nitrogens with one attached hydrogen (secondary N) is 3. The number of aromatic amines is 2. The number of fused-ring (bicyclic) bond motifs is 6. The number of H-pyrrole nitrogens is 2. The highest BCUT2D eigenvalue weighted by Crippen LogP contribution is 2.43. The number of alkyl carbamates (subject to hydrolysis) is 1. The first-order chi connectivity index (χ1) is 25.8. The molecule has 3 amide bonds. The largest absolute Gasteiger partial charge is 0.488 e. The predicted octanol–water partition coefficient (Wildman–Crippen LogP) is 8.25. The van der Waals surface area contributed by atoms with Gasteiger partial charge >= 0.3 is 12.2 Å². The Bertz CT molecular complexity index is 2170. The van der Waals surface area contributed by atoms with Crippen molar-refractivity contribution < 1.29 is 28.6 Å². The maximum Gasteiger partial charge on any atom is 0.410 e. The van der Waals surface area contributed by atoms with E-state index < -0.39 is 11.7 Å². The Morgan fingerprint density at radius 1 is 1.06 bits per heavy atom. The first kappa shape index (κ1) is 38.1. The van der Waals surface area contributed by atoms with E-state index in [0.29, 0.717) is 31.3 Å². The highest BCUT2D eigenvalue weighted by molar-refractivity contribution is 6.07. The van der Waals surface area contributed by atoms with Gasteiger partial charge in [0, 0.05) is 23.5 Å². The third-order valence-electron chi connectivity index (χ3n) is 9.34. The number of amides is 3. The van der Waals surface area contributed by atoms with E-state index in [1.165, 1.54) is 13.5 Å². The lowest BCUT2D eigenvalue weighted by Gasteiger charge is -2.46. The number of carbonyl (C=O) groups excluding carboxylic acids is 3. The number of aromatic nitrogens is 4. The van der Waals surface area contributed by atoms with Crippen LogP contribution < -0.4 is 10.1 Å². The number of methoxy groups -OCH3 is 1. The Balaban J connectivity index is 0.00000160. The van der Waals surface area contributed by atoms with Gasteiger partial charge in [-0.3, -0.25) is 4.79 Å². The lowest BCUT2D eigenvalue weighted by molar-refractivity contribution is -0.143. The van der Waals surface area contributed by atoms with E-state index in [0.717, 1.165) is 68.3 Å². The third kappa shape index (κ3) is 7.99. The molecule has 2 atom stereocenters. The molecule has 2 aliphatic rings. The van der Waals surface area contributed by atoms with E-state index in [-0.39, 0.29) is 30.6 Å². The minimum Gasteiger partial charge on any atom is -0.488 e. The Labute approximate surface area is 315 Å². The fraction of sp³-hybridized carbons (Fsp3) is 0.439. The molecule has 3 aromatic carbocycles. The minimum absolute atomic E-state index is 0.0408. The molecule has 13 nitrogen and oxygen atoms in total. The van der Waals surface area contributed by atoms with E-state index >= 15 is 0 Å². The summed E-state index contributed by atoms with van der Waals surface area (Å²) in [6.45, 7) is 15.0. The van der Waals surface area contributed by atoms with E-state index in [1.807, 2.05) is 40.7 Å². The quantitative estimate of drug-likeness (QED) is 0.144. The van der Waals surface area contributed by atoms with Crippen LogP contribution in [0.25, 0.3) is 44.2 Å². The number of carbonyl (C=O) groups is 3. The van der Waals surface area contributed by atoms with Crippen LogP contribution in [-0.4, -0.2) is 79.7 Å². The fourth-order valence-electron chi connectivity index (χ4n) is 6.94. The molecule has 1 saturated heterocycles. The predicted molar refractivity (Wildman–Crippen MR) is 208 cm³/mol. The summed E-state index contributed by atoms with van der Waals surface area (Å²) in [6.07, 6.45) is 3.62. The lowest BCUT2D eigenvalue weighted by atomic mass is 9.92. The fourth-order valence-corrected chi connectivity index (χ4v) is 6.94. The molecule has 286 valence electrons. The molecule has 0 aliphatic carbocycles. The zero-order valence-corrected chi connectivity index (χ0v) is 32.5. The van der Waals surface area contributed by atoms with Gasteiger partial charge in [-0.15, -0.1) is 0 Å². The molecule has 54 heavy (non-hydrogen) atoms. The first-order valence-corrected chi connectivity index (χ1v) is 18.7. The van der Waals surface area contributed by atoms with Crippen molar-refractivity contribution in [2.75, 3.05) is 20.2 Å². The summed E-state index contributed by atoms with van der Waals surface area (Å²) in [5.74, 6) is 1.99. The zero-order valence-electron chi connectivity index (χ0n) is 32.5. The Morgan fingerprint density at radius 3 is 2.54 bits per heavy atom. The van der Waals surface area contributed by atoms with Crippen molar-refractivity contribution in [3.05, 3.63) is 65.9 Å². The second-order valence-corrected chi connectivity index (χ2v) is 14.9. The highest BCUT2D eigenvalue weighted by Gasteiger charge is 2.41. The second kappa shape index (κ2) is 15.8. The van der Waals surface area contributed by atoms with Crippen LogP contribution in [0.15, 0.2) is 48.7 Å². The number of imidazole rings is 2. The van der Waals surface area contributed by atoms with Crippen molar-refractivity contribution in [1.29, 1.82) is 0 Å². The van der Waals surface area contributed by atoms with Gasteiger partial charge in [0.15, 0.2) is 0 Å². The summed E-state index contributed by atoms with van der Waals surface area (Å²) in [5.41, 5.74) is 6.10. The molecule has 0 bridgehead atoms. The average molecular weight is 738 g/mol. The zero-order chi connectivity index (χ0) is 38.7. The van der Waals surface area contributed by atoms with Crippen molar-refractivity contribution >= 4 is 39.9 Å². The van der Waals surface area contributed by atoms with E-state index in [4.69, 9.17) is 14.5 Å². The smallest absolute Gasteiger partial charge is 0.410 e. The number of rotatable bonds is 8. The number of nitrogens with zero attached hydrogens (tertiary/aromatic N) is 4. The SMILES string of the molecule is CCC.CCCN(Cc1nc2c(ccc3cc4c(cc32)OCc2cc(-c3cnc(C5C[C@H](C)N5C(=O)CNC(=O)OC)[nH]3)ccc2-4)[nH]1)C(=O)OC(C)(C)C. The van der Waals surface area contributed by atoms with Crippen molar-refractivity contribution in [1.82, 2.24) is 35.1 Å². The maximum atomic E-state index is 12.9. The normalized spacial score (nSPS) is 16.0. The molecule has 1 unspecified atom stereocenters. The standard InChI is InChI=1S/C38H43N7O6.C3H8/c1-7-12-44(37(48)51-38(3,4)5)19-32-41-28-11-9-22-15-27-25-10-8-23(14-24(25)20-50-31(27)16-26(22)34(28)43-32)29-17-39-35(42-29)30-13-21(2)45(30)33(46)18-40-36(47)49-6;1-3-2/h8-11,14-17,21,30H,7,12-13,18-20H2,1-6H3,(H,39,42)(H,40,47)(H,41,43);3H2,1-2H3/t21-,30?;/m0./s1. The average Bonchev–Trinajstić information content (AvgIpc) is 3.79. The Morgan fingerprint density at radius 2 is 1.83 bits per heavy atom. The highest BCUT2D eigenvalue weighted by atomic mass is 16.6. The molecule has 7 rings (SSSR count). The first-order valence-electron chi connectivity index (χ1n) is 18.7. The van der Waals surface area contributed by atoms with Gasteiger partial charge in [0.25, 0.3) is 0 Å². The van der Waals surface area contributed by atoms with Crippen LogP contribution in [0.4, 0.5) is 9.59 Å². The summed E-state index contributed by atoms with van der Waals surface area (Å²) >= 11 is 0. The Hall–Kier alpha value is -5.59. The van der Waals surface area contributed by atoms with Gasteiger partial charge in [-0.1, -0.05) is 45.4 Å². The number of hydrogen-bond donors (Lipinski definition) is 3. The van der Waals surface area contributed by atoms with Crippen molar-refractivity contribution in [2.45, 2.75) is 98.6 Å². The van der Waals surface area contributed by atoms with Crippen LogP contribution in [0, 0.1) is 0 Å². The lowest BCUT2D eigenvalue weighted by Crippen LogP contribution is -2.54. The minimum atomic E-state index is -0.642. The van der Waals surface area contributed by atoms with Crippen LogP contribution in [0.5, 0.6) is 5.75 Å². The van der Waals surface area contributed by atoms with Crippen LogP contribution in [0.1, 0.15) is 91.0 Å². The Kier molecular flexibility index (Phi) is 11.2. The number of ether oxygens (including phenoxy) is 3. The summed E-state index contributed by atoms with van der Waals surface area (Å²) in [7, 11) is 1.26. The van der Waals surface area contributed by atoms with Crippen LogP contribution in [0.2, 0.25) is 0 Å². The molecule has 0 radical (unpaired) electrons. The van der Waals surface area contributed by atoms with Gasteiger partial charge in [-0.2, -0.15) is 0 Å². The molecular formula is C41H51N7O6. The third-order valence-corrected chi connectivity index (χ3v) is 9.34. The van der Waals surface area contributed by atoms with Gasteiger partial charge in [0.05, 0.1) is 42.6 Å². The summed E-state index contributed by atoms with van der Waals surface area (Å²) in [6, 6.07) is 14.4. The molecule has 4 heterocycles. The monoisotopic (exact) mass is 737 g/mol. The number of hydrogen-bond acceptors (Lipinski definition) is 8. The van der Waals surface area contributed by atoms with E-state index in [2.05, 4.69) is 75.3 Å². The molecule has 2 aromatic heterocycles. The van der Waals surface area contributed by atoms with Gasteiger partial charge in [0.1, 0.15) is 36.2 Å². The van der Waals surface area contributed by atoms with Gasteiger partial charge in [0.2, 0.25) is 5.91 Å². The second-order valence-electron chi connectivity index (χ2n) is 14.9. The van der Waals surface area contributed by atoms with Crippen LogP contribution >= 0.6 is 0 Å². The van der Waals surface area contributed by atoms with Crippen LogP contribution in [-0.2, 0) is 27.4 Å². The summed E-state index contributed by atoms with van der Waals surface area (Å²) < 4.78 is 16.6. The molecule has 13 heteroatoms. The van der Waals surface area contributed by atoms with Crippen LogP contribution in [0.3, 0.4) is 0 Å². The van der Waals surface area contributed by atoms with E-state index in [1.54, 1.807) is 16.0 Å². The molecule has 1 fully saturated rings. The van der Waals surface area contributed by atoms with Crippen molar-refractivity contribution in [2.24, 2.45) is 0 Å². The van der Waals surface area contributed by atoms with Gasteiger partial charge < -0.3 is 39.3 Å². The topological polar surface area (TPSA) is 155 Å². The van der Waals surface area contributed by atoms with Crippen molar-refractivity contribution in [3.8, 4) is 28.1 Å². The molecular weight excluding hydrogens is 686 g/mol. The van der Waals surface area contributed by atoms with E-state index in [9.17, 15) is 14.4 Å².